The average molecular weight is 628 g/mol. The van der Waals surface area contributed by atoms with Crippen LogP contribution in [-0.4, -0.2) is 94.4 Å². The van der Waals surface area contributed by atoms with Gasteiger partial charge in [0.05, 0.1) is 30.9 Å². The number of anilines is 1. The van der Waals surface area contributed by atoms with Crippen molar-refractivity contribution < 1.29 is 14.9 Å². The van der Waals surface area contributed by atoms with Gasteiger partial charge in [-0.25, -0.2) is 4.98 Å². The van der Waals surface area contributed by atoms with Gasteiger partial charge in [0.1, 0.15) is 11.5 Å². The highest BCUT2D eigenvalue weighted by Crippen LogP contribution is 2.32. The fourth-order valence-corrected chi connectivity index (χ4v) is 5.31. The number of hydrogen-bond acceptors (Lipinski definition) is 8. The molecule has 1 aromatic carbocycles. The minimum Gasteiger partial charge on any atom is -0.396 e. The average Bonchev–Trinajstić information content (AvgIpc) is 3.01. The number of nitrogens with zero attached hydrogens (tertiary/aromatic N) is 4. The van der Waals surface area contributed by atoms with Gasteiger partial charge in [0.25, 0.3) is 0 Å². The Bertz CT molecular complexity index is 1200. The molecule has 0 aliphatic carbocycles. The molecular weight excluding hydrogens is 562 g/mol. The summed E-state index contributed by atoms with van der Waals surface area (Å²) in [6.45, 7) is 27.7. The number of rotatable bonds is 14. The lowest BCUT2D eigenvalue weighted by Gasteiger charge is -2.44. The molecule has 0 unspecified atom stereocenters. The summed E-state index contributed by atoms with van der Waals surface area (Å²) < 4.78 is 6.10. The summed E-state index contributed by atoms with van der Waals surface area (Å²) in [5.41, 5.74) is 11.5. The topological polar surface area (TPSA) is 107 Å². The summed E-state index contributed by atoms with van der Waals surface area (Å²) in [4.78, 5) is 14.7. The Morgan fingerprint density at radius 3 is 2.18 bits per heavy atom. The van der Waals surface area contributed by atoms with Crippen molar-refractivity contribution in [2.75, 3.05) is 58.3 Å². The molecule has 8 nitrogen and oxygen atoms in total. The second kappa shape index (κ2) is 17.7. The third-order valence-corrected chi connectivity index (χ3v) is 9.14. The molecule has 0 atom stereocenters. The molecule has 4 N–H and O–H groups in total. The maximum atomic E-state index is 8.63. The van der Waals surface area contributed by atoms with E-state index >= 15 is 0 Å². The van der Waals surface area contributed by atoms with E-state index in [1.807, 2.05) is 13.8 Å². The minimum absolute atomic E-state index is 0.0663. The molecule has 1 saturated heterocycles. The first-order valence-corrected chi connectivity index (χ1v) is 17.1. The van der Waals surface area contributed by atoms with Gasteiger partial charge in [0.2, 0.25) is 0 Å². The number of nitrogen functional groups attached to an aromatic ring is 1. The number of nitrogens with two attached hydrogens (primary N) is 1. The first-order valence-electron chi connectivity index (χ1n) is 17.1. The number of hydrogen-bond donors (Lipinski definition) is 3. The van der Waals surface area contributed by atoms with Gasteiger partial charge < -0.3 is 25.6 Å². The molecule has 1 aliphatic rings. The molecule has 2 heterocycles. The number of unbranched alkanes of at least 4 members (excludes halogenated alkanes) is 1. The van der Waals surface area contributed by atoms with Gasteiger partial charge in [0.15, 0.2) is 0 Å². The van der Waals surface area contributed by atoms with Crippen molar-refractivity contribution in [3.8, 4) is 0 Å². The van der Waals surface area contributed by atoms with Crippen LogP contribution in [0.4, 0.5) is 11.5 Å². The number of aliphatic hydroxyl groups is 2. The van der Waals surface area contributed by atoms with Gasteiger partial charge in [0, 0.05) is 48.2 Å². The summed E-state index contributed by atoms with van der Waals surface area (Å²) in [7, 11) is 0. The smallest absolute Gasteiger partial charge is 0.150 e. The molecule has 0 saturated carbocycles. The number of aliphatic imine (C=N–C) groups is 1. The molecular formula is C37H65N5O3. The first kappa shape index (κ1) is 39.1. The molecule has 0 bridgehead atoms. The van der Waals surface area contributed by atoms with Gasteiger partial charge in [-0.15, -0.1) is 0 Å². The maximum Gasteiger partial charge on any atom is 0.150 e. The Morgan fingerprint density at radius 1 is 1.00 bits per heavy atom. The van der Waals surface area contributed by atoms with E-state index in [1.165, 1.54) is 12.0 Å². The molecule has 45 heavy (non-hydrogen) atoms. The van der Waals surface area contributed by atoms with Crippen LogP contribution in [0.1, 0.15) is 106 Å². The summed E-state index contributed by atoms with van der Waals surface area (Å²) in [5, 5.41) is 18.4. The molecule has 1 aromatic heterocycles. The first-order chi connectivity index (χ1) is 21.1. The molecule has 3 rings (SSSR count). The SMILES string of the molecule is CCC(C)(CO)CO.CCCCC(C)=Nc1c(N)nc2cc(CCCN3CCN(C(C)(C)COC(C)(C)C)CC3)ccc2c1C. The van der Waals surface area contributed by atoms with Crippen molar-refractivity contribution in [1.82, 2.24) is 14.8 Å². The predicted molar refractivity (Wildman–Crippen MR) is 192 cm³/mol. The van der Waals surface area contributed by atoms with Crippen molar-refractivity contribution in [1.29, 1.82) is 0 Å². The molecule has 8 heteroatoms. The van der Waals surface area contributed by atoms with E-state index in [2.05, 4.69) is 83.4 Å². The van der Waals surface area contributed by atoms with E-state index in [1.54, 1.807) is 0 Å². The van der Waals surface area contributed by atoms with Gasteiger partial charge in [-0.1, -0.05) is 39.3 Å². The predicted octanol–water partition coefficient (Wildman–Crippen LogP) is 6.94. The molecule has 0 radical (unpaired) electrons. The van der Waals surface area contributed by atoms with Crippen LogP contribution in [0.15, 0.2) is 23.2 Å². The Hall–Kier alpha value is -2.10. The van der Waals surface area contributed by atoms with Gasteiger partial charge >= 0.3 is 0 Å². The lowest BCUT2D eigenvalue weighted by atomic mass is 9.90. The summed E-state index contributed by atoms with van der Waals surface area (Å²) in [6, 6.07) is 6.67. The molecule has 256 valence electrons. The second-order valence-corrected chi connectivity index (χ2v) is 14.9. The number of piperazine rings is 1. The fraction of sp³-hybridized carbons (Fsp3) is 0.730. The van der Waals surface area contributed by atoms with Gasteiger partial charge in [-0.3, -0.25) is 9.89 Å². The Morgan fingerprint density at radius 2 is 1.64 bits per heavy atom. The van der Waals surface area contributed by atoms with Crippen LogP contribution >= 0.6 is 0 Å². The fourth-order valence-electron chi connectivity index (χ4n) is 5.31. The van der Waals surface area contributed by atoms with Crippen molar-refractivity contribution >= 4 is 28.1 Å². The van der Waals surface area contributed by atoms with Crippen molar-refractivity contribution in [3.63, 3.8) is 0 Å². The number of ether oxygens (including phenoxy) is 1. The third-order valence-electron chi connectivity index (χ3n) is 9.14. The van der Waals surface area contributed by atoms with Crippen molar-refractivity contribution in [2.45, 2.75) is 119 Å². The zero-order valence-electron chi connectivity index (χ0n) is 30.3. The van der Waals surface area contributed by atoms with E-state index < -0.39 is 0 Å². The second-order valence-electron chi connectivity index (χ2n) is 14.9. The van der Waals surface area contributed by atoms with Crippen molar-refractivity contribution in [2.24, 2.45) is 10.4 Å². The number of aromatic nitrogens is 1. The Balaban J connectivity index is 0.000000777. The number of fused-ring (bicyclic) bond motifs is 1. The highest BCUT2D eigenvalue weighted by atomic mass is 16.5. The third kappa shape index (κ3) is 12.6. The monoisotopic (exact) mass is 628 g/mol. The lowest BCUT2D eigenvalue weighted by Crippen LogP contribution is -2.57. The van der Waals surface area contributed by atoms with Crippen LogP contribution in [0.2, 0.25) is 0 Å². The van der Waals surface area contributed by atoms with E-state index in [0.717, 1.165) is 99.3 Å². The summed E-state index contributed by atoms with van der Waals surface area (Å²) in [6.07, 6.45) is 6.35. The zero-order chi connectivity index (χ0) is 33.8. The largest absolute Gasteiger partial charge is 0.396 e. The van der Waals surface area contributed by atoms with Crippen LogP contribution in [0.25, 0.3) is 10.9 Å². The van der Waals surface area contributed by atoms with Gasteiger partial charge in [-0.2, -0.15) is 0 Å². The van der Waals surface area contributed by atoms with E-state index in [-0.39, 0.29) is 29.8 Å². The zero-order valence-corrected chi connectivity index (χ0v) is 30.3. The summed E-state index contributed by atoms with van der Waals surface area (Å²) >= 11 is 0. The number of aliphatic hydroxyl groups excluding tert-OH is 2. The maximum absolute atomic E-state index is 8.63. The van der Waals surface area contributed by atoms with Crippen LogP contribution in [0.5, 0.6) is 0 Å². The quantitative estimate of drug-likeness (QED) is 0.195. The standard InChI is InChI=1S/C31H51N5O.C6H14O2/c1-9-10-12-23(2)33-28-24(3)26-15-14-25(21-27(26)34-29(28)32)13-11-16-35-17-19-36(20-18-35)31(7,8)22-37-30(4,5)6;1-3-6(2,4-7)5-8/h14-15,21H,9-13,16-20,22H2,1-8H3,(H2,32,34);7-8H,3-5H2,1-2H3. The molecule has 2 aromatic rings. The number of pyridine rings is 1. The number of aryl methyl sites for hydroxylation is 2. The Kier molecular flexibility index (Phi) is 15.4. The van der Waals surface area contributed by atoms with E-state index in [4.69, 9.17) is 30.7 Å². The van der Waals surface area contributed by atoms with Crippen LogP contribution in [0, 0.1) is 12.3 Å². The van der Waals surface area contributed by atoms with Crippen LogP contribution < -0.4 is 5.73 Å². The normalized spacial score (nSPS) is 15.8. The highest BCUT2D eigenvalue weighted by Gasteiger charge is 2.31. The van der Waals surface area contributed by atoms with E-state index in [0.29, 0.717) is 5.82 Å². The minimum atomic E-state index is -0.264. The number of benzene rings is 1. The van der Waals surface area contributed by atoms with Crippen molar-refractivity contribution in [3.05, 3.63) is 29.3 Å². The highest BCUT2D eigenvalue weighted by molar-refractivity contribution is 5.93. The van der Waals surface area contributed by atoms with E-state index in [9.17, 15) is 0 Å². The van der Waals surface area contributed by atoms with Crippen LogP contribution in [0.3, 0.4) is 0 Å². The summed E-state index contributed by atoms with van der Waals surface area (Å²) in [5.74, 6) is 0.534. The molecule has 1 fully saturated rings. The lowest BCUT2D eigenvalue weighted by molar-refractivity contribution is -0.0707. The molecule has 1 aliphatic heterocycles. The molecule has 0 amide bonds. The van der Waals surface area contributed by atoms with Crippen LogP contribution in [-0.2, 0) is 11.2 Å². The molecule has 0 spiro atoms. The Labute approximate surface area is 274 Å². The van der Waals surface area contributed by atoms with Gasteiger partial charge in [-0.05, 0) is 104 Å².